The SMILES string of the molecule is Cn1nccc1C(=O)N1CCN(C(=O)C(C)(C)c2ccccc2)CC1. The Morgan fingerprint density at radius 1 is 0.960 bits per heavy atom. The minimum Gasteiger partial charge on any atom is -0.338 e. The molecule has 2 heterocycles. The zero-order chi connectivity index (χ0) is 18.0. The number of nitrogens with zero attached hydrogens (tertiary/aromatic N) is 4. The largest absolute Gasteiger partial charge is 0.338 e. The van der Waals surface area contributed by atoms with Gasteiger partial charge in [0.15, 0.2) is 0 Å². The van der Waals surface area contributed by atoms with Crippen LogP contribution in [0.2, 0.25) is 0 Å². The van der Waals surface area contributed by atoms with E-state index in [0.29, 0.717) is 31.9 Å². The zero-order valence-electron chi connectivity index (χ0n) is 15.0. The van der Waals surface area contributed by atoms with Crippen LogP contribution in [0.25, 0.3) is 0 Å². The number of amides is 2. The fourth-order valence-corrected chi connectivity index (χ4v) is 3.23. The summed E-state index contributed by atoms with van der Waals surface area (Å²) >= 11 is 0. The summed E-state index contributed by atoms with van der Waals surface area (Å²) in [5, 5.41) is 4.05. The second kappa shape index (κ2) is 6.70. The number of carbonyl (C=O) groups excluding carboxylic acids is 2. The molecule has 25 heavy (non-hydrogen) atoms. The second-order valence-electron chi connectivity index (χ2n) is 6.92. The van der Waals surface area contributed by atoms with Crippen LogP contribution in [0.1, 0.15) is 29.9 Å². The number of hydrogen-bond donors (Lipinski definition) is 0. The van der Waals surface area contributed by atoms with Crippen molar-refractivity contribution in [3.05, 3.63) is 53.9 Å². The maximum Gasteiger partial charge on any atom is 0.272 e. The first-order valence-electron chi connectivity index (χ1n) is 8.53. The van der Waals surface area contributed by atoms with Crippen molar-refractivity contribution in [3.8, 4) is 0 Å². The maximum atomic E-state index is 13.0. The molecule has 3 rings (SSSR count). The number of hydrogen-bond acceptors (Lipinski definition) is 3. The highest BCUT2D eigenvalue weighted by Gasteiger charge is 2.35. The molecule has 0 unspecified atom stereocenters. The third-order valence-corrected chi connectivity index (χ3v) is 4.92. The van der Waals surface area contributed by atoms with Gasteiger partial charge in [-0.1, -0.05) is 30.3 Å². The summed E-state index contributed by atoms with van der Waals surface area (Å²) < 4.78 is 1.58. The molecule has 6 nitrogen and oxygen atoms in total. The number of carbonyl (C=O) groups is 2. The van der Waals surface area contributed by atoms with Gasteiger partial charge in [0.05, 0.1) is 5.41 Å². The summed E-state index contributed by atoms with van der Waals surface area (Å²) in [7, 11) is 1.76. The summed E-state index contributed by atoms with van der Waals surface area (Å²) in [5.41, 5.74) is 1.01. The molecule has 1 aromatic heterocycles. The highest BCUT2D eigenvalue weighted by atomic mass is 16.2. The Bertz CT molecular complexity index is 759. The van der Waals surface area contributed by atoms with Crippen molar-refractivity contribution in [3.63, 3.8) is 0 Å². The number of rotatable bonds is 3. The van der Waals surface area contributed by atoms with E-state index in [1.165, 1.54) is 0 Å². The fourth-order valence-electron chi connectivity index (χ4n) is 3.23. The van der Waals surface area contributed by atoms with Crippen molar-refractivity contribution >= 4 is 11.8 Å². The van der Waals surface area contributed by atoms with Gasteiger partial charge in [0.2, 0.25) is 5.91 Å². The average Bonchev–Trinajstić information content (AvgIpc) is 3.07. The van der Waals surface area contributed by atoms with Crippen molar-refractivity contribution < 1.29 is 9.59 Å². The van der Waals surface area contributed by atoms with Crippen molar-refractivity contribution in [1.82, 2.24) is 19.6 Å². The Kier molecular flexibility index (Phi) is 4.61. The minimum atomic E-state index is -0.574. The van der Waals surface area contributed by atoms with Gasteiger partial charge >= 0.3 is 0 Å². The first-order valence-corrected chi connectivity index (χ1v) is 8.53. The Morgan fingerprint density at radius 2 is 1.56 bits per heavy atom. The van der Waals surface area contributed by atoms with Crippen LogP contribution in [0.3, 0.4) is 0 Å². The van der Waals surface area contributed by atoms with Gasteiger partial charge in [-0.15, -0.1) is 0 Å². The molecule has 0 N–H and O–H groups in total. The van der Waals surface area contributed by atoms with Crippen LogP contribution >= 0.6 is 0 Å². The number of aryl methyl sites for hydroxylation is 1. The van der Waals surface area contributed by atoms with Crippen LogP contribution < -0.4 is 0 Å². The monoisotopic (exact) mass is 340 g/mol. The van der Waals surface area contributed by atoms with Crippen molar-refractivity contribution in [2.75, 3.05) is 26.2 Å². The number of piperazine rings is 1. The first-order chi connectivity index (χ1) is 11.9. The highest BCUT2D eigenvalue weighted by Crippen LogP contribution is 2.26. The third-order valence-electron chi connectivity index (χ3n) is 4.92. The summed E-state index contributed by atoms with van der Waals surface area (Å²) in [6.07, 6.45) is 1.62. The Morgan fingerprint density at radius 3 is 2.12 bits per heavy atom. The van der Waals surface area contributed by atoms with Crippen LogP contribution in [-0.4, -0.2) is 57.6 Å². The Labute approximate surface area is 148 Å². The molecule has 6 heteroatoms. The van der Waals surface area contributed by atoms with E-state index in [2.05, 4.69) is 5.10 Å². The fraction of sp³-hybridized carbons (Fsp3) is 0.421. The maximum absolute atomic E-state index is 13.0. The van der Waals surface area contributed by atoms with E-state index >= 15 is 0 Å². The standard InChI is InChI=1S/C19H24N4O2/c1-19(2,15-7-5-4-6-8-15)18(25)23-13-11-22(12-14-23)17(24)16-9-10-20-21(16)3/h4-10H,11-14H2,1-3H3. The normalized spacial score (nSPS) is 15.3. The van der Waals surface area contributed by atoms with Crippen LogP contribution in [0.5, 0.6) is 0 Å². The summed E-state index contributed by atoms with van der Waals surface area (Å²) in [5.74, 6) is 0.0701. The molecule has 0 atom stereocenters. The quantitative estimate of drug-likeness (QED) is 0.854. The van der Waals surface area contributed by atoms with Gasteiger partial charge in [-0.25, -0.2) is 0 Å². The van der Waals surface area contributed by atoms with E-state index in [0.717, 1.165) is 5.56 Å². The van der Waals surface area contributed by atoms with E-state index in [9.17, 15) is 9.59 Å². The summed E-state index contributed by atoms with van der Waals surface area (Å²) in [6.45, 7) is 6.11. The third kappa shape index (κ3) is 3.29. The lowest BCUT2D eigenvalue weighted by atomic mass is 9.83. The van der Waals surface area contributed by atoms with E-state index < -0.39 is 5.41 Å². The van der Waals surface area contributed by atoms with Crippen molar-refractivity contribution in [2.45, 2.75) is 19.3 Å². The molecule has 1 fully saturated rings. The van der Waals surface area contributed by atoms with Gasteiger partial charge in [-0.05, 0) is 25.5 Å². The molecule has 1 aromatic carbocycles. The first kappa shape index (κ1) is 17.2. The van der Waals surface area contributed by atoms with Gasteiger partial charge in [-0.3, -0.25) is 14.3 Å². The zero-order valence-corrected chi connectivity index (χ0v) is 15.0. The molecular weight excluding hydrogens is 316 g/mol. The second-order valence-corrected chi connectivity index (χ2v) is 6.92. The molecular formula is C19H24N4O2. The predicted molar refractivity (Wildman–Crippen MR) is 95.2 cm³/mol. The van der Waals surface area contributed by atoms with Gasteiger partial charge in [0.25, 0.3) is 5.91 Å². The van der Waals surface area contributed by atoms with Crippen LogP contribution in [0.4, 0.5) is 0 Å². The lowest BCUT2D eigenvalue weighted by molar-refractivity contribution is -0.137. The average molecular weight is 340 g/mol. The molecule has 1 aliphatic rings. The number of benzene rings is 1. The summed E-state index contributed by atoms with van der Waals surface area (Å²) in [4.78, 5) is 29.2. The molecule has 1 aliphatic heterocycles. The van der Waals surface area contributed by atoms with Crippen LogP contribution in [0.15, 0.2) is 42.6 Å². The topological polar surface area (TPSA) is 58.4 Å². The van der Waals surface area contributed by atoms with Crippen LogP contribution in [-0.2, 0) is 17.3 Å². The Balaban J connectivity index is 1.65. The highest BCUT2D eigenvalue weighted by molar-refractivity contribution is 5.93. The molecule has 0 saturated carbocycles. The lowest BCUT2D eigenvalue weighted by Crippen LogP contribution is -2.54. The lowest BCUT2D eigenvalue weighted by Gasteiger charge is -2.38. The van der Waals surface area contributed by atoms with E-state index in [1.54, 1.807) is 28.9 Å². The molecule has 0 radical (unpaired) electrons. The molecule has 2 aromatic rings. The van der Waals surface area contributed by atoms with E-state index in [1.807, 2.05) is 49.1 Å². The van der Waals surface area contributed by atoms with Crippen LogP contribution in [0, 0.1) is 0 Å². The van der Waals surface area contributed by atoms with Gasteiger partial charge in [0, 0.05) is 39.4 Å². The number of aromatic nitrogens is 2. The predicted octanol–water partition coefficient (Wildman–Crippen LogP) is 1.68. The smallest absolute Gasteiger partial charge is 0.272 e. The van der Waals surface area contributed by atoms with E-state index in [-0.39, 0.29) is 11.8 Å². The molecule has 1 saturated heterocycles. The van der Waals surface area contributed by atoms with Gasteiger partial charge in [0.1, 0.15) is 5.69 Å². The molecule has 0 aliphatic carbocycles. The minimum absolute atomic E-state index is 0.0329. The van der Waals surface area contributed by atoms with E-state index in [4.69, 9.17) is 0 Å². The molecule has 132 valence electrons. The summed E-state index contributed by atoms with van der Waals surface area (Å²) in [6, 6.07) is 11.6. The van der Waals surface area contributed by atoms with Gasteiger partial charge < -0.3 is 9.80 Å². The molecule has 0 bridgehead atoms. The Hall–Kier alpha value is -2.63. The van der Waals surface area contributed by atoms with Crippen molar-refractivity contribution in [2.24, 2.45) is 7.05 Å². The van der Waals surface area contributed by atoms with Gasteiger partial charge in [-0.2, -0.15) is 5.10 Å². The molecule has 2 amide bonds. The molecule has 0 spiro atoms. The van der Waals surface area contributed by atoms with Crippen molar-refractivity contribution in [1.29, 1.82) is 0 Å².